The molecule has 134 valence electrons. The molecule has 1 unspecified atom stereocenters. The highest BCUT2D eigenvalue weighted by Crippen LogP contribution is 2.22. The number of carbonyl (C=O) groups excluding carboxylic acids is 2. The van der Waals surface area contributed by atoms with Crippen molar-refractivity contribution in [1.82, 2.24) is 10.6 Å². The number of benzene rings is 1. The zero-order valence-electron chi connectivity index (χ0n) is 13.9. The number of carbonyl (C=O) groups is 2. The number of hydrogen-bond donors (Lipinski definition) is 2. The maximum atomic E-state index is 12.0. The van der Waals surface area contributed by atoms with Crippen LogP contribution in [0.5, 0.6) is 11.5 Å². The number of thiophene rings is 1. The van der Waals surface area contributed by atoms with E-state index in [1.807, 2.05) is 18.2 Å². The number of methoxy groups -OCH3 is 1. The lowest BCUT2D eigenvalue weighted by Crippen LogP contribution is -2.45. The lowest BCUT2D eigenvalue weighted by atomic mass is 10.3. The first-order valence-electron chi connectivity index (χ1n) is 7.60. The van der Waals surface area contributed by atoms with Crippen LogP contribution in [0.1, 0.15) is 16.6 Å². The van der Waals surface area contributed by atoms with Gasteiger partial charge in [0, 0.05) is 6.07 Å². The molecule has 2 aromatic rings. The first-order valence-corrected chi connectivity index (χ1v) is 9.21. The van der Waals surface area contributed by atoms with Crippen LogP contribution in [-0.4, -0.2) is 38.1 Å². The molecule has 0 aliphatic rings. The summed E-state index contributed by atoms with van der Waals surface area (Å²) in [5.41, 5.74) is 0. The maximum absolute atomic E-state index is 12.0. The Morgan fingerprint density at radius 1 is 1.24 bits per heavy atom. The quantitative estimate of drug-likeness (QED) is 0.636. The molecule has 25 heavy (non-hydrogen) atoms. The molecule has 0 aliphatic heterocycles. The molecular weight excluding hydrogens is 408 g/mol. The van der Waals surface area contributed by atoms with Gasteiger partial charge in [-0.15, -0.1) is 11.3 Å². The molecule has 0 spiro atoms. The van der Waals surface area contributed by atoms with E-state index in [-0.39, 0.29) is 11.8 Å². The highest BCUT2D eigenvalue weighted by atomic mass is 79.9. The fourth-order valence-corrected chi connectivity index (χ4v) is 3.25. The van der Waals surface area contributed by atoms with E-state index < -0.39 is 6.04 Å². The number of amides is 2. The molecular formula is C17H19BrN2O4S. The Balaban J connectivity index is 1.71. The van der Waals surface area contributed by atoms with Gasteiger partial charge in [-0.1, -0.05) is 6.07 Å². The van der Waals surface area contributed by atoms with Crippen LogP contribution < -0.4 is 20.1 Å². The minimum Gasteiger partial charge on any atom is -0.497 e. The SMILES string of the molecule is COc1cccc(OCCNC(=O)C(C)NC(=O)c2ccc(Br)s2)c1. The second kappa shape index (κ2) is 9.43. The monoisotopic (exact) mass is 426 g/mol. The van der Waals surface area contributed by atoms with Gasteiger partial charge in [-0.2, -0.15) is 0 Å². The molecule has 6 nitrogen and oxygen atoms in total. The van der Waals surface area contributed by atoms with Gasteiger partial charge < -0.3 is 20.1 Å². The van der Waals surface area contributed by atoms with E-state index in [0.29, 0.717) is 29.5 Å². The maximum Gasteiger partial charge on any atom is 0.262 e. The molecule has 0 fully saturated rings. The van der Waals surface area contributed by atoms with Gasteiger partial charge in [0.25, 0.3) is 5.91 Å². The lowest BCUT2D eigenvalue weighted by Gasteiger charge is -2.14. The largest absolute Gasteiger partial charge is 0.497 e. The molecule has 2 N–H and O–H groups in total. The Morgan fingerprint density at radius 2 is 2.00 bits per heavy atom. The summed E-state index contributed by atoms with van der Waals surface area (Å²) in [5.74, 6) is 0.834. The van der Waals surface area contributed by atoms with Crippen molar-refractivity contribution in [2.75, 3.05) is 20.3 Å². The molecule has 1 aromatic carbocycles. The van der Waals surface area contributed by atoms with Crippen LogP contribution >= 0.6 is 27.3 Å². The van der Waals surface area contributed by atoms with Gasteiger partial charge >= 0.3 is 0 Å². The Kier molecular flexibility index (Phi) is 7.27. The Hall–Kier alpha value is -2.06. The lowest BCUT2D eigenvalue weighted by molar-refractivity contribution is -0.122. The molecule has 2 rings (SSSR count). The Morgan fingerprint density at radius 3 is 2.68 bits per heavy atom. The van der Waals surface area contributed by atoms with E-state index in [1.165, 1.54) is 11.3 Å². The fraction of sp³-hybridized carbons (Fsp3) is 0.294. The van der Waals surface area contributed by atoms with Gasteiger partial charge in [0.2, 0.25) is 5.91 Å². The summed E-state index contributed by atoms with van der Waals surface area (Å²) in [4.78, 5) is 24.6. The standard InChI is InChI=1S/C17H19BrN2O4S/c1-11(20-17(22)14-6-7-15(18)25-14)16(21)19-8-9-24-13-5-3-4-12(10-13)23-2/h3-7,10-11H,8-9H2,1-2H3,(H,19,21)(H,20,22). The van der Waals surface area contributed by atoms with E-state index in [0.717, 1.165) is 3.79 Å². The number of hydrogen-bond acceptors (Lipinski definition) is 5. The van der Waals surface area contributed by atoms with Crippen molar-refractivity contribution in [3.8, 4) is 11.5 Å². The fourth-order valence-electron chi connectivity index (χ4n) is 1.96. The van der Waals surface area contributed by atoms with Crippen molar-refractivity contribution in [3.05, 3.63) is 45.1 Å². The van der Waals surface area contributed by atoms with E-state index in [9.17, 15) is 9.59 Å². The third-order valence-electron chi connectivity index (χ3n) is 3.25. The van der Waals surface area contributed by atoms with Gasteiger partial charge in [-0.25, -0.2) is 0 Å². The Bertz CT molecular complexity index is 735. The molecule has 1 heterocycles. The summed E-state index contributed by atoms with van der Waals surface area (Å²) in [6, 6.07) is 10.1. The average molecular weight is 427 g/mol. The zero-order chi connectivity index (χ0) is 18.2. The van der Waals surface area contributed by atoms with Gasteiger partial charge in [0.1, 0.15) is 24.1 Å². The van der Waals surface area contributed by atoms with Crippen molar-refractivity contribution >= 4 is 39.1 Å². The van der Waals surface area contributed by atoms with Crippen molar-refractivity contribution in [3.63, 3.8) is 0 Å². The Labute approximate surface area is 158 Å². The van der Waals surface area contributed by atoms with E-state index in [4.69, 9.17) is 9.47 Å². The molecule has 0 bridgehead atoms. The summed E-state index contributed by atoms with van der Waals surface area (Å²) in [5, 5.41) is 5.39. The first kappa shape index (κ1) is 19.3. The second-order valence-corrected chi connectivity index (χ2v) is 7.58. The van der Waals surface area contributed by atoms with Crippen LogP contribution in [0.15, 0.2) is 40.2 Å². The van der Waals surface area contributed by atoms with Crippen LogP contribution in [0.2, 0.25) is 0 Å². The summed E-state index contributed by atoms with van der Waals surface area (Å²) in [6.45, 7) is 2.29. The number of rotatable bonds is 8. The number of ether oxygens (including phenoxy) is 2. The predicted octanol–water partition coefficient (Wildman–Crippen LogP) is 2.83. The van der Waals surface area contributed by atoms with Crippen LogP contribution in [0.4, 0.5) is 0 Å². The van der Waals surface area contributed by atoms with E-state index in [2.05, 4.69) is 26.6 Å². The molecule has 2 amide bonds. The van der Waals surface area contributed by atoms with E-state index in [1.54, 1.807) is 32.2 Å². The smallest absolute Gasteiger partial charge is 0.262 e. The summed E-state index contributed by atoms with van der Waals surface area (Å²) in [6.07, 6.45) is 0. The summed E-state index contributed by atoms with van der Waals surface area (Å²) < 4.78 is 11.5. The van der Waals surface area contributed by atoms with Crippen LogP contribution in [0, 0.1) is 0 Å². The van der Waals surface area contributed by atoms with Gasteiger partial charge in [-0.3, -0.25) is 9.59 Å². The topological polar surface area (TPSA) is 76.7 Å². The minimum atomic E-state index is -0.634. The van der Waals surface area contributed by atoms with Crippen molar-refractivity contribution in [2.24, 2.45) is 0 Å². The molecule has 1 atom stereocenters. The van der Waals surface area contributed by atoms with Gasteiger partial charge in [-0.05, 0) is 47.1 Å². The van der Waals surface area contributed by atoms with Crippen molar-refractivity contribution in [1.29, 1.82) is 0 Å². The van der Waals surface area contributed by atoms with Crippen LogP contribution in [0.25, 0.3) is 0 Å². The minimum absolute atomic E-state index is 0.266. The van der Waals surface area contributed by atoms with Gasteiger partial charge in [0.15, 0.2) is 0 Å². The molecule has 0 aliphatic carbocycles. The predicted molar refractivity (Wildman–Crippen MR) is 100 cm³/mol. The van der Waals surface area contributed by atoms with Crippen molar-refractivity contribution < 1.29 is 19.1 Å². The van der Waals surface area contributed by atoms with Crippen molar-refractivity contribution in [2.45, 2.75) is 13.0 Å². The molecule has 1 aromatic heterocycles. The first-order chi connectivity index (χ1) is 12.0. The number of nitrogens with one attached hydrogen (secondary N) is 2. The van der Waals surface area contributed by atoms with Gasteiger partial charge in [0.05, 0.1) is 22.3 Å². The van der Waals surface area contributed by atoms with Crippen LogP contribution in [-0.2, 0) is 4.79 Å². The highest BCUT2D eigenvalue weighted by molar-refractivity contribution is 9.11. The summed E-state index contributed by atoms with van der Waals surface area (Å²) in [7, 11) is 1.59. The second-order valence-electron chi connectivity index (χ2n) is 5.12. The third kappa shape index (κ3) is 6.06. The average Bonchev–Trinajstić information content (AvgIpc) is 3.05. The third-order valence-corrected chi connectivity index (χ3v) is 4.87. The van der Waals surface area contributed by atoms with E-state index >= 15 is 0 Å². The highest BCUT2D eigenvalue weighted by Gasteiger charge is 2.17. The normalized spacial score (nSPS) is 11.5. The molecule has 0 saturated heterocycles. The zero-order valence-corrected chi connectivity index (χ0v) is 16.3. The van der Waals surface area contributed by atoms with Crippen LogP contribution in [0.3, 0.4) is 0 Å². The molecule has 0 saturated carbocycles. The molecule has 8 heteroatoms. The molecule has 0 radical (unpaired) electrons. The number of halogens is 1. The summed E-state index contributed by atoms with van der Waals surface area (Å²) >= 11 is 4.62.